The Morgan fingerprint density at radius 3 is 2.76 bits per heavy atom. The van der Waals surface area contributed by atoms with Gasteiger partial charge in [0.15, 0.2) is 0 Å². The molecule has 0 aromatic heterocycles. The van der Waals surface area contributed by atoms with Gasteiger partial charge in [-0.1, -0.05) is 39.1 Å². The summed E-state index contributed by atoms with van der Waals surface area (Å²) in [7, 11) is 0. The molecule has 21 heavy (non-hydrogen) atoms. The van der Waals surface area contributed by atoms with Gasteiger partial charge in [-0.15, -0.1) is 0 Å². The van der Waals surface area contributed by atoms with Gasteiger partial charge in [-0.05, 0) is 48.3 Å². The minimum absolute atomic E-state index is 0.0850. The lowest BCUT2D eigenvalue weighted by molar-refractivity contribution is -0.0316. The van der Waals surface area contributed by atoms with Gasteiger partial charge in [0.25, 0.3) is 0 Å². The van der Waals surface area contributed by atoms with Gasteiger partial charge >= 0.3 is 0 Å². The zero-order valence-corrected chi connectivity index (χ0v) is 13.8. The summed E-state index contributed by atoms with van der Waals surface area (Å²) < 4.78 is 19.6. The van der Waals surface area contributed by atoms with E-state index in [1.165, 1.54) is 12.5 Å². The summed E-state index contributed by atoms with van der Waals surface area (Å²) in [6.45, 7) is 7.34. The summed E-state index contributed by atoms with van der Waals surface area (Å²) in [5, 5.41) is 0. The van der Waals surface area contributed by atoms with E-state index in [9.17, 15) is 4.39 Å². The topological polar surface area (TPSA) is 35.2 Å². The second-order valence-corrected chi connectivity index (χ2v) is 7.46. The lowest BCUT2D eigenvalue weighted by atomic mass is 9.71. The van der Waals surface area contributed by atoms with Gasteiger partial charge in [-0.25, -0.2) is 4.39 Å². The third-order valence-corrected chi connectivity index (χ3v) is 4.35. The smallest absolute Gasteiger partial charge is 0.133 e. The van der Waals surface area contributed by atoms with E-state index >= 15 is 0 Å². The molecular formula is C17H24FNOS. The summed E-state index contributed by atoms with van der Waals surface area (Å²) in [6, 6.07) is 4.82. The highest BCUT2D eigenvalue weighted by atomic mass is 32.1. The molecule has 2 N–H and O–H groups in total. The van der Waals surface area contributed by atoms with Crippen LogP contribution in [0.2, 0.25) is 0 Å². The summed E-state index contributed by atoms with van der Waals surface area (Å²) >= 11 is 4.86. The Labute approximate surface area is 131 Å². The molecule has 2 atom stereocenters. The zero-order valence-electron chi connectivity index (χ0n) is 13.0. The van der Waals surface area contributed by atoms with Crippen molar-refractivity contribution in [2.45, 2.75) is 52.7 Å². The first-order valence-corrected chi connectivity index (χ1v) is 7.87. The second-order valence-electron chi connectivity index (χ2n) is 7.02. The van der Waals surface area contributed by atoms with E-state index in [0.29, 0.717) is 23.5 Å². The number of hydrogen-bond acceptors (Lipinski definition) is 2. The first-order chi connectivity index (χ1) is 9.77. The number of nitrogens with two attached hydrogens (primary N) is 1. The highest BCUT2D eigenvalue weighted by molar-refractivity contribution is 7.80. The monoisotopic (exact) mass is 309 g/mol. The standard InChI is InChI=1S/C17H24FNOS/c1-11-6-13(9-17(2,3)8-11)20-10-12-4-5-15(18)14(7-12)16(19)21/h4-5,7,11,13H,6,8-10H2,1-3H3,(H2,19,21). The Balaban J connectivity index is 2.00. The Morgan fingerprint density at radius 1 is 1.43 bits per heavy atom. The number of ether oxygens (including phenoxy) is 1. The van der Waals surface area contributed by atoms with Crippen molar-refractivity contribution in [2.75, 3.05) is 0 Å². The fourth-order valence-electron chi connectivity index (χ4n) is 3.45. The lowest BCUT2D eigenvalue weighted by Gasteiger charge is -2.38. The fourth-order valence-corrected chi connectivity index (χ4v) is 3.61. The molecule has 0 saturated heterocycles. The van der Waals surface area contributed by atoms with Gasteiger partial charge < -0.3 is 10.5 Å². The molecule has 1 aromatic carbocycles. The van der Waals surface area contributed by atoms with E-state index < -0.39 is 0 Å². The highest BCUT2D eigenvalue weighted by Gasteiger charge is 2.32. The van der Waals surface area contributed by atoms with Crippen molar-refractivity contribution in [2.24, 2.45) is 17.1 Å². The van der Waals surface area contributed by atoms with Crippen molar-refractivity contribution in [3.63, 3.8) is 0 Å². The van der Waals surface area contributed by atoms with Crippen LogP contribution in [-0.4, -0.2) is 11.1 Å². The first-order valence-electron chi connectivity index (χ1n) is 7.47. The van der Waals surface area contributed by atoms with Gasteiger partial charge in [-0.3, -0.25) is 0 Å². The molecule has 0 bridgehead atoms. The lowest BCUT2D eigenvalue weighted by Crippen LogP contribution is -2.32. The molecule has 116 valence electrons. The minimum Gasteiger partial charge on any atom is -0.389 e. The first kappa shape index (κ1) is 16.4. The molecule has 0 heterocycles. The van der Waals surface area contributed by atoms with E-state index in [1.807, 2.05) is 0 Å². The van der Waals surface area contributed by atoms with Crippen molar-refractivity contribution >= 4 is 17.2 Å². The normalized spacial score (nSPS) is 24.8. The molecule has 1 saturated carbocycles. The maximum Gasteiger partial charge on any atom is 0.133 e. The molecule has 0 spiro atoms. The molecular weight excluding hydrogens is 285 g/mol. The Bertz CT molecular complexity index is 530. The van der Waals surface area contributed by atoms with Crippen LogP contribution in [0.1, 0.15) is 51.2 Å². The average Bonchev–Trinajstić information content (AvgIpc) is 2.35. The van der Waals surface area contributed by atoms with Crippen LogP contribution in [0.3, 0.4) is 0 Å². The number of thiocarbonyl (C=S) groups is 1. The van der Waals surface area contributed by atoms with Crippen molar-refractivity contribution in [1.82, 2.24) is 0 Å². The molecule has 1 fully saturated rings. The van der Waals surface area contributed by atoms with Gasteiger partial charge in [0.05, 0.1) is 12.7 Å². The number of hydrogen-bond donors (Lipinski definition) is 1. The summed E-state index contributed by atoms with van der Waals surface area (Å²) in [6.07, 6.45) is 3.67. The van der Waals surface area contributed by atoms with Crippen LogP contribution in [0.15, 0.2) is 18.2 Å². The van der Waals surface area contributed by atoms with E-state index in [4.69, 9.17) is 22.7 Å². The zero-order chi connectivity index (χ0) is 15.6. The Kier molecular flexibility index (Phi) is 4.99. The van der Waals surface area contributed by atoms with E-state index in [0.717, 1.165) is 18.4 Å². The average molecular weight is 309 g/mol. The van der Waals surface area contributed by atoms with E-state index in [1.54, 1.807) is 12.1 Å². The maximum absolute atomic E-state index is 13.6. The third kappa shape index (κ3) is 4.48. The van der Waals surface area contributed by atoms with Crippen LogP contribution >= 0.6 is 12.2 Å². The van der Waals surface area contributed by atoms with Crippen LogP contribution in [0.5, 0.6) is 0 Å². The molecule has 1 aliphatic rings. The van der Waals surface area contributed by atoms with Crippen LogP contribution in [0.4, 0.5) is 4.39 Å². The van der Waals surface area contributed by atoms with Crippen LogP contribution in [0, 0.1) is 17.2 Å². The molecule has 0 radical (unpaired) electrons. The number of halogens is 1. The molecule has 2 nitrogen and oxygen atoms in total. The van der Waals surface area contributed by atoms with Gasteiger partial charge in [0, 0.05) is 5.56 Å². The minimum atomic E-state index is -0.376. The molecule has 1 aliphatic carbocycles. The molecule has 0 aliphatic heterocycles. The highest BCUT2D eigenvalue weighted by Crippen LogP contribution is 2.39. The van der Waals surface area contributed by atoms with Gasteiger partial charge in [0.2, 0.25) is 0 Å². The SMILES string of the molecule is CC1CC(OCc2ccc(F)c(C(N)=S)c2)CC(C)(C)C1. The molecule has 4 heteroatoms. The molecule has 2 rings (SSSR count). The predicted octanol–water partition coefficient (Wildman–Crippen LogP) is 4.19. The fraction of sp³-hybridized carbons (Fsp3) is 0.588. The van der Waals surface area contributed by atoms with Crippen LogP contribution < -0.4 is 5.73 Å². The maximum atomic E-state index is 13.6. The van der Waals surface area contributed by atoms with E-state index in [-0.39, 0.29) is 16.9 Å². The number of rotatable bonds is 4. The van der Waals surface area contributed by atoms with Crippen molar-refractivity contribution in [3.8, 4) is 0 Å². The van der Waals surface area contributed by atoms with Gasteiger partial charge in [0.1, 0.15) is 10.8 Å². The molecule has 1 aromatic rings. The van der Waals surface area contributed by atoms with Crippen molar-refractivity contribution in [1.29, 1.82) is 0 Å². The largest absolute Gasteiger partial charge is 0.389 e. The Morgan fingerprint density at radius 2 is 2.14 bits per heavy atom. The summed E-state index contributed by atoms with van der Waals surface area (Å²) in [5.74, 6) is 0.304. The second kappa shape index (κ2) is 6.41. The summed E-state index contributed by atoms with van der Waals surface area (Å²) in [5.41, 5.74) is 7.06. The van der Waals surface area contributed by atoms with Crippen molar-refractivity contribution in [3.05, 3.63) is 35.1 Å². The summed E-state index contributed by atoms with van der Waals surface area (Å²) in [4.78, 5) is 0.0850. The Hall–Kier alpha value is -1.00. The third-order valence-electron chi connectivity index (χ3n) is 4.13. The van der Waals surface area contributed by atoms with Crippen LogP contribution in [-0.2, 0) is 11.3 Å². The van der Waals surface area contributed by atoms with Crippen LogP contribution in [0.25, 0.3) is 0 Å². The number of benzene rings is 1. The predicted molar refractivity (Wildman–Crippen MR) is 87.7 cm³/mol. The van der Waals surface area contributed by atoms with Gasteiger partial charge in [-0.2, -0.15) is 0 Å². The van der Waals surface area contributed by atoms with E-state index in [2.05, 4.69) is 20.8 Å². The molecule has 0 amide bonds. The van der Waals surface area contributed by atoms with Crippen molar-refractivity contribution < 1.29 is 9.13 Å². The molecule has 2 unspecified atom stereocenters. The quantitative estimate of drug-likeness (QED) is 0.847.